The van der Waals surface area contributed by atoms with Gasteiger partial charge in [0.1, 0.15) is 0 Å². The molecule has 2 amide bonds. The Bertz CT molecular complexity index is 228. The standard InChI is InChI=1S/C10H18N2O2/c1-8(13)11-6-10-4-3-5-12(7-10)9(2)14/h10H,3-7H2,1-2H3,(H,11,13). The molecule has 1 heterocycles. The van der Waals surface area contributed by atoms with Gasteiger partial charge in [0, 0.05) is 33.5 Å². The van der Waals surface area contributed by atoms with Gasteiger partial charge in [0.2, 0.25) is 11.8 Å². The summed E-state index contributed by atoms with van der Waals surface area (Å²) in [6, 6.07) is 0. The van der Waals surface area contributed by atoms with Gasteiger partial charge in [-0.05, 0) is 18.8 Å². The van der Waals surface area contributed by atoms with Gasteiger partial charge in [-0.25, -0.2) is 0 Å². The first kappa shape index (κ1) is 11.0. The van der Waals surface area contributed by atoms with E-state index < -0.39 is 0 Å². The molecular formula is C10H18N2O2. The van der Waals surface area contributed by atoms with E-state index in [1.165, 1.54) is 6.92 Å². The van der Waals surface area contributed by atoms with Crippen LogP contribution in [-0.2, 0) is 9.59 Å². The largest absolute Gasteiger partial charge is 0.356 e. The summed E-state index contributed by atoms with van der Waals surface area (Å²) in [5, 5.41) is 2.80. The molecule has 0 bridgehead atoms. The molecule has 1 rings (SSSR count). The lowest BCUT2D eigenvalue weighted by Crippen LogP contribution is -2.42. The van der Waals surface area contributed by atoms with E-state index in [2.05, 4.69) is 5.32 Å². The first-order valence-electron chi connectivity index (χ1n) is 5.09. The highest BCUT2D eigenvalue weighted by molar-refractivity contribution is 5.73. The summed E-state index contributed by atoms with van der Waals surface area (Å²) in [5.41, 5.74) is 0. The van der Waals surface area contributed by atoms with Crippen molar-refractivity contribution in [3.8, 4) is 0 Å². The molecular weight excluding hydrogens is 180 g/mol. The van der Waals surface area contributed by atoms with E-state index in [1.807, 2.05) is 4.90 Å². The van der Waals surface area contributed by atoms with Gasteiger partial charge in [0.05, 0.1) is 0 Å². The summed E-state index contributed by atoms with van der Waals surface area (Å²) in [4.78, 5) is 23.7. The number of hydrogen-bond acceptors (Lipinski definition) is 2. The van der Waals surface area contributed by atoms with Crippen LogP contribution in [0.1, 0.15) is 26.7 Å². The van der Waals surface area contributed by atoms with Crippen molar-refractivity contribution in [3.63, 3.8) is 0 Å². The number of piperidine rings is 1. The van der Waals surface area contributed by atoms with Gasteiger partial charge < -0.3 is 10.2 Å². The van der Waals surface area contributed by atoms with Crippen LogP contribution < -0.4 is 5.32 Å². The maximum Gasteiger partial charge on any atom is 0.219 e. The fraction of sp³-hybridized carbons (Fsp3) is 0.800. The minimum absolute atomic E-state index is 0.00458. The van der Waals surface area contributed by atoms with Crippen LogP contribution >= 0.6 is 0 Å². The van der Waals surface area contributed by atoms with Crippen LogP contribution in [0.5, 0.6) is 0 Å². The van der Waals surface area contributed by atoms with Crippen LogP contribution in [0.4, 0.5) is 0 Å². The zero-order valence-corrected chi connectivity index (χ0v) is 8.88. The molecule has 0 radical (unpaired) electrons. The fourth-order valence-corrected chi connectivity index (χ4v) is 1.81. The van der Waals surface area contributed by atoms with Gasteiger partial charge in [0.25, 0.3) is 0 Å². The van der Waals surface area contributed by atoms with Crippen LogP contribution in [0, 0.1) is 5.92 Å². The van der Waals surface area contributed by atoms with Gasteiger partial charge >= 0.3 is 0 Å². The molecule has 0 aromatic carbocycles. The Hall–Kier alpha value is -1.06. The predicted octanol–water partition coefficient (Wildman–Crippen LogP) is 0.381. The number of likely N-dealkylation sites (tertiary alicyclic amines) is 1. The first-order chi connectivity index (χ1) is 6.59. The maximum absolute atomic E-state index is 11.1. The monoisotopic (exact) mass is 198 g/mol. The van der Waals surface area contributed by atoms with Crippen molar-refractivity contribution in [1.29, 1.82) is 0 Å². The summed E-state index contributed by atoms with van der Waals surface area (Å²) in [7, 11) is 0. The lowest BCUT2D eigenvalue weighted by atomic mass is 9.98. The molecule has 80 valence electrons. The molecule has 1 aliphatic rings. The van der Waals surface area contributed by atoms with E-state index in [0.29, 0.717) is 12.5 Å². The molecule has 1 fully saturated rings. The smallest absolute Gasteiger partial charge is 0.219 e. The summed E-state index contributed by atoms with van der Waals surface area (Å²) in [5.74, 6) is 0.569. The number of amides is 2. The van der Waals surface area contributed by atoms with E-state index in [1.54, 1.807) is 6.92 Å². The average Bonchev–Trinajstić information content (AvgIpc) is 2.15. The second-order valence-corrected chi connectivity index (χ2v) is 3.91. The predicted molar refractivity (Wildman–Crippen MR) is 53.7 cm³/mol. The van der Waals surface area contributed by atoms with Gasteiger partial charge in [-0.1, -0.05) is 0 Å². The molecule has 1 saturated heterocycles. The van der Waals surface area contributed by atoms with Gasteiger partial charge in [0.15, 0.2) is 0 Å². The molecule has 0 aliphatic carbocycles. The van der Waals surface area contributed by atoms with Crippen molar-refractivity contribution in [2.45, 2.75) is 26.7 Å². The van der Waals surface area contributed by atoms with Crippen LogP contribution in [-0.4, -0.2) is 36.3 Å². The quantitative estimate of drug-likeness (QED) is 0.697. The second-order valence-electron chi connectivity index (χ2n) is 3.91. The number of rotatable bonds is 2. The molecule has 0 spiro atoms. The first-order valence-corrected chi connectivity index (χ1v) is 5.09. The Morgan fingerprint density at radius 3 is 2.71 bits per heavy atom. The van der Waals surface area contributed by atoms with E-state index in [0.717, 1.165) is 25.9 Å². The molecule has 4 heteroatoms. The lowest BCUT2D eigenvalue weighted by Gasteiger charge is -2.32. The van der Waals surface area contributed by atoms with Crippen molar-refractivity contribution in [3.05, 3.63) is 0 Å². The van der Waals surface area contributed by atoms with Crippen LogP contribution in [0.15, 0.2) is 0 Å². The number of nitrogens with one attached hydrogen (secondary N) is 1. The van der Waals surface area contributed by atoms with Crippen molar-refractivity contribution in [1.82, 2.24) is 10.2 Å². The minimum atomic E-state index is 0.00458. The third kappa shape index (κ3) is 3.36. The Kier molecular flexibility index (Phi) is 3.92. The highest BCUT2D eigenvalue weighted by Gasteiger charge is 2.21. The number of hydrogen-bond donors (Lipinski definition) is 1. The molecule has 1 unspecified atom stereocenters. The number of carbonyl (C=O) groups excluding carboxylic acids is 2. The zero-order chi connectivity index (χ0) is 10.6. The highest BCUT2D eigenvalue weighted by atomic mass is 16.2. The molecule has 1 atom stereocenters. The minimum Gasteiger partial charge on any atom is -0.356 e. The van der Waals surface area contributed by atoms with Crippen LogP contribution in [0.25, 0.3) is 0 Å². The van der Waals surface area contributed by atoms with Crippen molar-refractivity contribution >= 4 is 11.8 Å². The number of nitrogens with zero attached hydrogens (tertiary/aromatic N) is 1. The van der Waals surface area contributed by atoms with Crippen molar-refractivity contribution < 1.29 is 9.59 Å². The van der Waals surface area contributed by atoms with Crippen molar-refractivity contribution in [2.24, 2.45) is 5.92 Å². The molecule has 1 N–H and O–H groups in total. The normalized spacial score (nSPS) is 21.9. The summed E-state index contributed by atoms with van der Waals surface area (Å²) < 4.78 is 0. The Labute approximate surface area is 84.7 Å². The highest BCUT2D eigenvalue weighted by Crippen LogP contribution is 2.15. The molecule has 0 aromatic heterocycles. The lowest BCUT2D eigenvalue weighted by molar-refractivity contribution is -0.130. The summed E-state index contributed by atoms with van der Waals surface area (Å²) in [6.45, 7) is 5.47. The van der Waals surface area contributed by atoms with E-state index >= 15 is 0 Å². The molecule has 1 aliphatic heterocycles. The zero-order valence-electron chi connectivity index (χ0n) is 8.88. The Morgan fingerprint density at radius 1 is 1.43 bits per heavy atom. The van der Waals surface area contributed by atoms with E-state index in [-0.39, 0.29) is 11.8 Å². The average molecular weight is 198 g/mol. The molecule has 0 aromatic rings. The molecule has 4 nitrogen and oxygen atoms in total. The Balaban J connectivity index is 2.32. The van der Waals surface area contributed by atoms with Gasteiger partial charge in [-0.15, -0.1) is 0 Å². The Morgan fingerprint density at radius 2 is 2.14 bits per heavy atom. The van der Waals surface area contributed by atoms with Crippen LogP contribution in [0.3, 0.4) is 0 Å². The number of carbonyl (C=O) groups is 2. The third-order valence-electron chi connectivity index (χ3n) is 2.60. The maximum atomic E-state index is 11.1. The SMILES string of the molecule is CC(=O)NCC1CCCN(C(C)=O)C1. The summed E-state index contributed by atoms with van der Waals surface area (Å²) in [6.07, 6.45) is 2.15. The van der Waals surface area contributed by atoms with E-state index in [9.17, 15) is 9.59 Å². The molecule has 0 saturated carbocycles. The molecule has 14 heavy (non-hydrogen) atoms. The van der Waals surface area contributed by atoms with Gasteiger partial charge in [-0.3, -0.25) is 9.59 Å². The second kappa shape index (κ2) is 4.98. The fourth-order valence-electron chi connectivity index (χ4n) is 1.81. The van der Waals surface area contributed by atoms with Gasteiger partial charge in [-0.2, -0.15) is 0 Å². The topological polar surface area (TPSA) is 49.4 Å². The van der Waals surface area contributed by atoms with Crippen LogP contribution in [0.2, 0.25) is 0 Å². The van der Waals surface area contributed by atoms with E-state index in [4.69, 9.17) is 0 Å². The van der Waals surface area contributed by atoms with Crippen molar-refractivity contribution in [2.75, 3.05) is 19.6 Å². The summed E-state index contributed by atoms with van der Waals surface area (Å²) >= 11 is 0. The third-order valence-corrected chi connectivity index (χ3v) is 2.60.